The van der Waals surface area contributed by atoms with Crippen LogP contribution in [-0.4, -0.2) is 29.2 Å². The first kappa shape index (κ1) is 15.0. The number of carbonyl (C=O) groups is 1. The van der Waals surface area contributed by atoms with E-state index in [1.807, 2.05) is 11.9 Å². The molecule has 1 unspecified atom stereocenters. The summed E-state index contributed by atoms with van der Waals surface area (Å²) in [4.78, 5) is 14.4. The Labute approximate surface area is 114 Å². The van der Waals surface area contributed by atoms with Gasteiger partial charge in [0.25, 0.3) is 0 Å². The van der Waals surface area contributed by atoms with E-state index in [1.54, 1.807) is 0 Å². The van der Waals surface area contributed by atoms with Gasteiger partial charge in [0.2, 0.25) is 5.91 Å². The highest BCUT2D eigenvalue weighted by Gasteiger charge is 2.18. The highest BCUT2D eigenvalue weighted by Crippen LogP contribution is 2.25. The van der Waals surface area contributed by atoms with Gasteiger partial charge in [-0.2, -0.15) is 0 Å². The van der Waals surface area contributed by atoms with Crippen molar-refractivity contribution in [3.05, 3.63) is 0 Å². The molecule has 17 heavy (non-hydrogen) atoms. The van der Waals surface area contributed by atoms with Gasteiger partial charge in [-0.25, -0.2) is 0 Å². The molecule has 1 rings (SSSR count). The number of halogens is 1. The van der Waals surface area contributed by atoms with Crippen LogP contribution in [0, 0.1) is 5.92 Å². The predicted octanol–water partition coefficient (Wildman–Crippen LogP) is 3.98. The summed E-state index contributed by atoms with van der Waals surface area (Å²) in [7, 11) is 1.94. The van der Waals surface area contributed by atoms with Crippen molar-refractivity contribution >= 4 is 21.8 Å². The fourth-order valence-corrected chi connectivity index (χ4v) is 2.67. The topological polar surface area (TPSA) is 20.3 Å². The molecule has 1 amide bonds. The fourth-order valence-electron chi connectivity index (χ4n) is 2.47. The Morgan fingerprint density at radius 3 is 2.41 bits per heavy atom. The lowest BCUT2D eigenvalue weighted by Gasteiger charge is -2.21. The Morgan fingerprint density at radius 1 is 1.29 bits per heavy atom. The lowest BCUT2D eigenvalue weighted by molar-refractivity contribution is -0.131. The summed E-state index contributed by atoms with van der Waals surface area (Å²) in [6.07, 6.45) is 9.69. The van der Waals surface area contributed by atoms with Gasteiger partial charge in [0, 0.05) is 24.8 Å². The molecule has 0 heterocycles. The molecule has 0 N–H and O–H groups in total. The molecule has 2 nitrogen and oxygen atoms in total. The molecule has 1 aliphatic rings. The molecule has 0 aromatic heterocycles. The van der Waals surface area contributed by atoms with Crippen molar-refractivity contribution in [3.63, 3.8) is 0 Å². The van der Waals surface area contributed by atoms with Gasteiger partial charge < -0.3 is 4.90 Å². The molecule has 1 fully saturated rings. The van der Waals surface area contributed by atoms with E-state index in [2.05, 4.69) is 22.9 Å². The maximum absolute atomic E-state index is 12.0. The third-order valence-corrected chi connectivity index (χ3v) is 4.18. The van der Waals surface area contributed by atoms with Crippen LogP contribution in [0.5, 0.6) is 0 Å². The Balaban J connectivity index is 2.26. The molecule has 0 bridgehead atoms. The van der Waals surface area contributed by atoms with Crippen LogP contribution in [0.1, 0.15) is 58.3 Å². The third kappa shape index (κ3) is 6.44. The van der Waals surface area contributed by atoms with Crippen LogP contribution < -0.4 is 0 Å². The van der Waals surface area contributed by atoms with Crippen LogP contribution in [0.3, 0.4) is 0 Å². The van der Waals surface area contributed by atoms with Crippen LogP contribution >= 0.6 is 15.9 Å². The van der Waals surface area contributed by atoms with Gasteiger partial charge in [-0.15, -0.1) is 0 Å². The van der Waals surface area contributed by atoms with Gasteiger partial charge in [-0.3, -0.25) is 4.79 Å². The molecular formula is C14H26BrNO. The lowest BCUT2D eigenvalue weighted by atomic mass is 9.96. The summed E-state index contributed by atoms with van der Waals surface area (Å²) < 4.78 is 0. The second-order valence-electron chi connectivity index (χ2n) is 5.45. The summed E-state index contributed by atoms with van der Waals surface area (Å²) in [6, 6.07) is 0. The van der Waals surface area contributed by atoms with E-state index in [9.17, 15) is 4.79 Å². The molecule has 0 aromatic rings. The molecule has 0 spiro atoms. The number of rotatable bonds is 5. The fraction of sp³-hybridized carbons (Fsp3) is 0.929. The summed E-state index contributed by atoms with van der Waals surface area (Å²) >= 11 is 3.52. The first-order valence-electron chi connectivity index (χ1n) is 6.97. The molecule has 1 aliphatic carbocycles. The summed E-state index contributed by atoms with van der Waals surface area (Å²) in [5.74, 6) is 0.985. The van der Waals surface area contributed by atoms with Crippen molar-refractivity contribution in [2.75, 3.05) is 13.6 Å². The highest BCUT2D eigenvalue weighted by molar-refractivity contribution is 9.09. The highest BCUT2D eigenvalue weighted by atomic mass is 79.9. The maximum atomic E-state index is 12.0. The van der Waals surface area contributed by atoms with E-state index < -0.39 is 0 Å². The van der Waals surface area contributed by atoms with Crippen molar-refractivity contribution in [1.29, 1.82) is 0 Å². The van der Waals surface area contributed by atoms with Gasteiger partial charge >= 0.3 is 0 Å². The smallest absolute Gasteiger partial charge is 0.222 e. The number of amides is 1. The van der Waals surface area contributed by atoms with Crippen molar-refractivity contribution in [2.24, 2.45) is 5.92 Å². The van der Waals surface area contributed by atoms with Gasteiger partial charge in [-0.05, 0) is 25.2 Å². The lowest BCUT2D eigenvalue weighted by Crippen LogP contribution is -2.30. The summed E-state index contributed by atoms with van der Waals surface area (Å²) in [5, 5.41) is 0. The molecule has 1 atom stereocenters. The van der Waals surface area contributed by atoms with Crippen LogP contribution in [0.15, 0.2) is 0 Å². The Hall–Kier alpha value is -0.0500. The normalized spacial score (nSPS) is 19.7. The molecule has 0 aliphatic heterocycles. The SMILES string of the molecule is CC(Br)CCN(C)C(=O)CC1CCCCCC1. The quantitative estimate of drug-likeness (QED) is 0.556. The van der Waals surface area contributed by atoms with Crippen LogP contribution in [0.2, 0.25) is 0 Å². The molecule has 0 saturated heterocycles. The van der Waals surface area contributed by atoms with E-state index in [1.165, 1.54) is 38.5 Å². The zero-order valence-corrected chi connectivity index (χ0v) is 12.8. The monoisotopic (exact) mass is 303 g/mol. The molecule has 3 heteroatoms. The van der Waals surface area contributed by atoms with Gasteiger partial charge in [0.1, 0.15) is 0 Å². The zero-order chi connectivity index (χ0) is 12.7. The number of alkyl halides is 1. The third-order valence-electron chi connectivity index (χ3n) is 3.73. The average Bonchev–Trinajstić information content (AvgIpc) is 2.54. The molecule has 0 radical (unpaired) electrons. The van der Waals surface area contributed by atoms with Crippen molar-refractivity contribution < 1.29 is 4.79 Å². The van der Waals surface area contributed by atoms with E-state index in [0.29, 0.717) is 16.7 Å². The second-order valence-corrected chi connectivity index (χ2v) is 7.01. The number of hydrogen-bond acceptors (Lipinski definition) is 1. The number of nitrogens with zero attached hydrogens (tertiary/aromatic N) is 1. The van der Waals surface area contributed by atoms with E-state index in [0.717, 1.165) is 19.4 Å². The first-order chi connectivity index (χ1) is 8.09. The Bertz CT molecular complexity index is 222. The summed E-state index contributed by atoms with van der Waals surface area (Å²) in [6.45, 7) is 3.00. The van der Waals surface area contributed by atoms with Gasteiger partial charge in [0.05, 0.1) is 0 Å². The van der Waals surface area contributed by atoms with Gasteiger partial charge in [0.15, 0.2) is 0 Å². The van der Waals surface area contributed by atoms with Crippen molar-refractivity contribution in [2.45, 2.75) is 63.1 Å². The minimum atomic E-state index is 0.338. The predicted molar refractivity (Wildman–Crippen MR) is 76.5 cm³/mol. The van der Waals surface area contributed by atoms with Crippen LogP contribution in [-0.2, 0) is 4.79 Å². The van der Waals surface area contributed by atoms with Crippen LogP contribution in [0.25, 0.3) is 0 Å². The average molecular weight is 304 g/mol. The largest absolute Gasteiger partial charge is 0.346 e. The molecule has 1 saturated carbocycles. The van der Waals surface area contributed by atoms with Crippen LogP contribution in [0.4, 0.5) is 0 Å². The number of hydrogen-bond donors (Lipinski definition) is 0. The van der Waals surface area contributed by atoms with Crippen molar-refractivity contribution in [1.82, 2.24) is 4.90 Å². The van der Waals surface area contributed by atoms with Gasteiger partial charge in [-0.1, -0.05) is 48.5 Å². The standard InChI is InChI=1S/C14H26BrNO/c1-12(15)9-10-16(2)14(17)11-13-7-5-3-4-6-8-13/h12-13H,3-11H2,1-2H3. The van der Waals surface area contributed by atoms with E-state index in [-0.39, 0.29) is 0 Å². The van der Waals surface area contributed by atoms with Crippen molar-refractivity contribution in [3.8, 4) is 0 Å². The molecular weight excluding hydrogens is 278 g/mol. The molecule has 0 aromatic carbocycles. The Kier molecular flexibility index (Phi) is 7.17. The Morgan fingerprint density at radius 2 is 1.88 bits per heavy atom. The minimum Gasteiger partial charge on any atom is -0.346 e. The summed E-state index contributed by atoms with van der Waals surface area (Å²) in [5.41, 5.74) is 0. The van der Waals surface area contributed by atoms with E-state index >= 15 is 0 Å². The zero-order valence-electron chi connectivity index (χ0n) is 11.3. The number of carbonyl (C=O) groups excluding carboxylic acids is 1. The molecule has 100 valence electrons. The minimum absolute atomic E-state index is 0.338. The van der Waals surface area contributed by atoms with E-state index in [4.69, 9.17) is 0 Å². The first-order valence-corrected chi connectivity index (χ1v) is 7.89. The second kappa shape index (κ2) is 8.12. The maximum Gasteiger partial charge on any atom is 0.222 e.